The molecule has 0 aliphatic heterocycles. The van der Waals surface area contributed by atoms with Crippen LogP contribution in [0.2, 0.25) is 0 Å². The third-order valence-corrected chi connectivity index (χ3v) is 5.72. The van der Waals surface area contributed by atoms with Gasteiger partial charge in [-0.1, -0.05) is 48.1 Å². The quantitative estimate of drug-likeness (QED) is 0.418. The number of aryl methyl sites for hydroxylation is 1. The van der Waals surface area contributed by atoms with Gasteiger partial charge >= 0.3 is 0 Å². The van der Waals surface area contributed by atoms with Gasteiger partial charge in [-0.2, -0.15) is 0 Å². The second-order valence-electron chi connectivity index (χ2n) is 7.65. The van der Waals surface area contributed by atoms with Crippen LogP contribution in [0.3, 0.4) is 0 Å². The number of hydrogen-bond acceptors (Lipinski definition) is 6. The molecule has 0 bridgehead atoms. The second-order valence-corrected chi connectivity index (χ2v) is 8.71. The normalized spacial score (nSPS) is 11.0. The second kappa shape index (κ2) is 11.7. The molecule has 2 aromatic carbocycles. The van der Waals surface area contributed by atoms with Gasteiger partial charge in [0.05, 0.1) is 18.8 Å². The highest BCUT2D eigenvalue weighted by molar-refractivity contribution is 7.13. The van der Waals surface area contributed by atoms with Crippen molar-refractivity contribution in [3.63, 3.8) is 0 Å². The first kappa shape index (κ1) is 25.3. The third kappa shape index (κ3) is 6.84. The summed E-state index contributed by atoms with van der Waals surface area (Å²) in [4.78, 5) is 26.5. The Morgan fingerprint density at radius 3 is 2.47 bits per heavy atom. The summed E-state index contributed by atoms with van der Waals surface area (Å²) < 4.78 is 40.3. The van der Waals surface area contributed by atoms with Crippen LogP contribution in [0.1, 0.15) is 39.3 Å². The van der Waals surface area contributed by atoms with E-state index in [1.54, 1.807) is 4.90 Å². The topological polar surface area (TPSA) is 87.2 Å². The predicted molar refractivity (Wildman–Crippen MR) is 123 cm³/mol. The Morgan fingerprint density at radius 1 is 1.03 bits per heavy atom. The molecule has 0 saturated carbocycles. The van der Waals surface area contributed by atoms with Crippen LogP contribution < -0.4 is 10.6 Å². The van der Waals surface area contributed by atoms with E-state index in [4.69, 9.17) is 0 Å². The summed E-state index contributed by atoms with van der Waals surface area (Å²) in [6, 6.07) is 9.49. The van der Waals surface area contributed by atoms with Gasteiger partial charge in [-0.3, -0.25) is 14.5 Å². The molecule has 0 radical (unpaired) electrons. The van der Waals surface area contributed by atoms with Gasteiger partial charge in [-0.25, -0.2) is 13.2 Å². The standard InChI is InChI=1S/C23H24F3N5O2S/c1-3-10-31(12-18(32)28-17-9-8-16(24)20(25)21(17)26)13-19-29-30-23(34-19)22(33)27-11-15-6-4-14(2)5-7-15/h4-9H,3,10-13H2,1-2H3,(H,27,33)(H,28,32). The van der Waals surface area contributed by atoms with E-state index in [1.165, 1.54) is 0 Å². The molecule has 3 rings (SSSR count). The smallest absolute Gasteiger partial charge is 0.282 e. The summed E-state index contributed by atoms with van der Waals surface area (Å²) in [6.07, 6.45) is 0.718. The highest BCUT2D eigenvalue weighted by Crippen LogP contribution is 2.20. The minimum atomic E-state index is -1.65. The molecule has 0 aliphatic rings. The molecule has 180 valence electrons. The molecule has 0 unspecified atom stereocenters. The lowest BCUT2D eigenvalue weighted by Gasteiger charge is -2.19. The van der Waals surface area contributed by atoms with Crippen molar-refractivity contribution in [1.29, 1.82) is 0 Å². The Hall–Kier alpha value is -3.31. The zero-order valence-corrected chi connectivity index (χ0v) is 19.5. The minimum Gasteiger partial charge on any atom is -0.346 e. The summed E-state index contributed by atoms with van der Waals surface area (Å²) in [5, 5.41) is 13.8. The summed E-state index contributed by atoms with van der Waals surface area (Å²) in [5.41, 5.74) is 1.65. The molecule has 1 heterocycles. The Morgan fingerprint density at radius 2 is 1.76 bits per heavy atom. The lowest BCUT2D eigenvalue weighted by atomic mass is 10.1. The molecule has 34 heavy (non-hydrogen) atoms. The fourth-order valence-corrected chi connectivity index (χ4v) is 3.91. The van der Waals surface area contributed by atoms with Crippen LogP contribution in [0.15, 0.2) is 36.4 Å². The maximum Gasteiger partial charge on any atom is 0.282 e. The van der Waals surface area contributed by atoms with Gasteiger partial charge in [0.25, 0.3) is 5.91 Å². The first-order valence-corrected chi connectivity index (χ1v) is 11.4. The molecule has 0 fully saturated rings. The van der Waals surface area contributed by atoms with Crippen LogP contribution in [0.4, 0.5) is 18.9 Å². The van der Waals surface area contributed by atoms with E-state index < -0.39 is 29.0 Å². The molecule has 0 saturated heterocycles. The average Bonchev–Trinajstić information content (AvgIpc) is 3.27. The molecule has 7 nitrogen and oxygen atoms in total. The molecule has 2 N–H and O–H groups in total. The van der Waals surface area contributed by atoms with Crippen molar-refractivity contribution in [3.8, 4) is 0 Å². The van der Waals surface area contributed by atoms with Crippen LogP contribution in [-0.2, 0) is 17.9 Å². The van der Waals surface area contributed by atoms with Crippen molar-refractivity contribution in [1.82, 2.24) is 20.4 Å². The van der Waals surface area contributed by atoms with Gasteiger partial charge < -0.3 is 10.6 Å². The number of anilines is 1. The van der Waals surface area contributed by atoms with E-state index in [1.807, 2.05) is 38.1 Å². The zero-order valence-electron chi connectivity index (χ0n) is 18.7. The molecule has 3 aromatic rings. The lowest BCUT2D eigenvalue weighted by Crippen LogP contribution is -2.33. The number of nitrogens with one attached hydrogen (secondary N) is 2. The maximum absolute atomic E-state index is 13.8. The Bertz CT molecular complexity index is 1150. The minimum absolute atomic E-state index is 0.138. The fourth-order valence-electron chi connectivity index (χ4n) is 3.11. The predicted octanol–water partition coefficient (Wildman–Crippen LogP) is 4.04. The number of hydrogen-bond donors (Lipinski definition) is 2. The number of carbonyl (C=O) groups excluding carboxylic acids is 2. The van der Waals surface area contributed by atoms with Crippen molar-refractivity contribution < 1.29 is 22.8 Å². The largest absolute Gasteiger partial charge is 0.346 e. The summed E-state index contributed by atoms with van der Waals surface area (Å²) in [6.45, 7) is 4.88. The Labute approximate surface area is 199 Å². The average molecular weight is 492 g/mol. The Kier molecular flexibility index (Phi) is 8.72. The van der Waals surface area contributed by atoms with Gasteiger partial charge in [-0.05, 0) is 37.6 Å². The van der Waals surface area contributed by atoms with Crippen molar-refractivity contribution in [2.45, 2.75) is 33.4 Å². The molecular formula is C23H24F3N5O2S. The van der Waals surface area contributed by atoms with Gasteiger partial charge in [-0.15, -0.1) is 10.2 Å². The lowest BCUT2D eigenvalue weighted by molar-refractivity contribution is -0.117. The summed E-state index contributed by atoms with van der Waals surface area (Å²) in [5.74, 6) is -5.39. The van der Waals surface area contributed by atoms with Crippen LogP contribution in [0, 0.1) is 24.4 Å². The van der Waals surface area contributed by atoms with Gasteiger partial charge in [0.15, 0.2) is 17.5 Å². The van der Waals surface area contributed by atoms with Crippen LogP contribution in [0.5, 0.6) is 0 Å². The molecule has 1 aromatic heterocycles. The van der Waals surface area contributed by atoms with Gasteiger partial charge in [0, 0.05) is 6.54 Å². The number of aromatic nitrogens is 2. The van der Waals surface area contributed by atoms with Gasteiger partial charge in [0.2, 0.25) is 10.9 Å². The number of benzene rings is 2. The van der Waals surface area contributed by atoms with Crippen molar-refractivity contribution in [2.24, 2.45) is 0 Å². The first-order chi connectivity index (χ1) is 16.3. The molecule has 2 amide bonds. The monoisotopic (exact) mass is 491 g/mol. The fraction of sp³-hybridized carbons (Fsp3) is 0.304. The van der Waals surface area contributed by atoms with E-state index in [9.17, 15) is 22.8 Å². The third-order valence-electron chi connectivity index (χ3n) is 4.81. The van der Waals surface area contributed by atoms with E-state index in [2.05, 4.69) is 20.8 Å². The van der Waals surface area contributed by atoms with Crippen molar-refractivity contribution in [2.75, 3.05) is 18.4 Å². The zero-order chi connectivity index (χ0) is 24.7. The molecule has 11 heteroatoms. The first-order valence-electron chi connectivity index (χ1n) is 10.6. The van der Waals surface area contributed by atoms with Crippen LogP contribution >= 0.6 is 11.3 Å². The SMILES string of the molecule is CCCN(CC(=O)Nc1ccc(F)c(F)c1F)Cc1nnc(C(=O)NCc2ccc(C)cc2)s1. The summed E-state index contributed by atoms with van der Waals surface area (Å²) in [7, 11) is 0. The number of carbonyl (C=O) groups is 2. The van der Waals surface area contributed by atoms with E-state index in [-0.39, 0.29) is 24.0 Å². The molecular weight excluding hydrogens is 467 g/mol. The Balaban J connectivity index is 1.57. The highest BCUT2D eigenvalue weighted by atomic mass is 32.1. The molecule has 0 aliphatic carbocycles. The number of halogens is 3. The van der Waals surface area contributed by atoms with Gasteiger partial charge in [0.1, 0.15) is 5.01 Å². The number of amides is 2. The van der Waals surface area contributed by atoms with Crippen molar-refractivity contribution in [3.05, 3.63) is 75.0 Å². The van der Waals surface area contributed by atoms with E-state index in [0.717, 1.165) is 41.0 Å². The van der Waals surface area contributed by atoms with Crippen molar-refractivity contribution >= 4 is 28.8 Å². The summed E-state index contributed by atoms with van der Waals surface area (Å²) >= 11 is 1.11. The van der Waals surface area contributed by atoms with Crippen LogP contribution in [0.25, 0.3) is 0 Å². The number of rotatable bonds is 10. The molecule has 0 spiro atoms. The van der Waals surface area contributed by atoms with E-state index in [0.29, 0.717) is 18.1 Å². The number of nitrogens with zero attached hydrogens (tertiary/aromatic N) is 3. The van der Waals surface area contributed by atoms with E-state index >= 15 is 0 Å². The highest BCUT2D eigenvalue weighted by Gasteiger charge is 2.19. The molecule has 0 atom stereocenters. The van der Waals surface area contributed by atoms with Crippen LogP contribution in [-0.4, -0.2) is 40.0 Å². The maximum atomic E-state index is 13.8.